The van der Waals surface area contributed by atoms with Crippen LogP contribution < -0.4 is 4.74 Å². The molecule has 16 heavy (non-hydrogen) atoms. The molecule has 0 fully saturated rings. The third kappa shape index (κ3) is 1.90. The largest absolute Gasteiger partial charge is 0.494 e. The molecule has 0 saturated carbocycles. The average molecular weight is 223 g/mol. The van der Waals surface area contributed by atoms with Gasteiger partial charge in [-0.3, -0.25) is 0 Å². The number of hydrogen-bond donors (Lipinski definition) is 1. The highest BCUT2D eigenvalue weighted by Crippen LogP contribution is 2.25. The SMILES string of the molecule is COc1ccc(-c2cc(CO)on2)cc1F. The molecule has 0 amide bonds. The first kappa shape index (κ1) is 10.6. The summed E-state index contributed by atoms with van der Waals surface area (Å²) in [5, 5.41) is 12.5. The molecular weight excluding hydrogens is 213 g/mol. The summed E-state index contributed by atoms with van der Waals surface area (Å²) in [6, 6.07) is 6.04. The molecule has 0 spiro atoms. The molecule has 2 rings (SSSR count). The monoisotopic (exact) mass is 223 g/mol. The van der Waals surface area contributed by atoms with E-state index in [4.69, 9.17) is 14.4 Å². The fourth-order valence-corrected chi connectivity index (χ4v) is 1.35. The minimum atomic E-state index is -0.464. The van der Waals surface area contributed by atoms with Gasteiger partial charge in [0.15, 0.2) is 17.3 Å². The number of ether oxygens (including phenoxy) is 1. The van der Waals surface area contributed by atoms with Crippen molar-refractivity contribution in [1.29, 1.82) is 0 Å². The Morgan fingerprint density at radius 1 is 1.44 bits per heavy atom. The molecule has 0 bridgehead atoms. The first-order chi connectivity index (χ1) is 7.74. The van der Waals surface area contributed by atoms with Gasteiger partial charge in [-0.15, -0.1) is 0 Å². The maximum absolute atomic E-state index is 13.4. The number of halogens is 1. The maximum Gasteiger partial charge on any atom is 0.165 e. The van der Waals surface area contributed by atoms with Crippen LogP contribution in [-0.4, -0.2) is 17.4 Å². The molecule has 0 aliphatic rings. The minimum Gasteiger partial charge on any atom is -0.494 e. The van der Waals surface area contributed by atoms with Crippen molar-refractivity contribution in [3.8, 4) is 17.0 Å². The summed E-state index contributed by atoms with van der Waals surface area (Å²) in [6.45, 7) is -0.231. The Kier molecular flexibility index (Phi) is 2.87. The van der Waals surface area contributed by atoms with Crippen LogP contribution in [0.15, 0.2) is 28.8 Å². The molecule has 0 radical (unpaired) electrons. The van der Waals surface area contributed by atoms with Crippen molar-refractivity contribution in [3.05, 3.63) is 35.8 Å². The molecule has 0 saturated heterocycles. The van der Waals surface area contributed by atoms with Gasteiger partial charge in [0.05, 0.1) is 7.11 Å². The summed E-state index contributed by atoms with van der Waals surface area (Å²) in [4.78, 5) is 0. The number of methoxy groups -OCH3 is 1. The number of aliphatic hydroxyl groups excluding tert-OH is 1. The molecule has 0 atom stereocenters. The summed E-state index contributed by atoms with van der Waals surface area (Å²) in [7, 11) is 1.40. The molecule has 4 nitrogen and oxygen atoms in total. The van der Waals surface area contributed by atoms with Crippen LogP contribution in [0, 0.1) is 5.82 Å². The van der Waals surface area contributed by atoms with Crippen molar-refractivity contribution in [2.24, 2.45) is 0 Å². The van der Waals surface area contributed by atoms with Crippen molar-refractivity contribution in [2.45, 2.75) is 6.61 Å². The van der Waals surface area contributed by atoms with Crippen LogP contribution in [0.25, 0.3) is 11.3 Å². The Labute approximate surface area is 91.3 Å². The second-order valence-corrected chi connectivity index (χ2v) is 3.19. The summed E-state index contributed by atoms with van der Waals surface area (Å²) in [5.74, 6) is 0.0504. The lowest BCUT2D eigenvalue weighted by atomic mass is 10.1. The number of rotatable bonds is 3. The first-order valence-corrected chi connectivity index (χ1v) is 4.65. The number of hydrogen-bond acceptors (Lipinski definition) is 4. The van der Waals surface area contributed by atoms with E-state index in [1.807, 2.05) is 0 Å². The van der Waals surface area contributed by atoms with E-state index in [0.29, 0.717) is 17.0 Å². The van der Waals surface area contributed by atoms with Crippen molar-refractivity contribution in [2.75, 3.05) is 7.11 Å². The summed E-state index contributed by atoms with van der Waals surface area (Å²) in [5.41, 5.74) is 1.05. The zero-order chi connectivity index (χ0) is 11.5. The molecule has 84 valence electrons. The zero-order valence-electron chi connectivity index (χ0n) is 8.61. The van der Waals surface area contributed by atoms with Crippen molar-refractivity contribution in [1.82, 2.24) is 5.16 Å². The van der Waals surface area contributed by atoms with Gasteiger partial charge in [0.2, 0.25) is 0 Å². The quantitative estimate of drug-likeness (QED) is 0.864. The molecule has 0 aliphatic heterocycles. The van der Waals surface area contributed by atoms with Crippen LogP contribution in [0.4, 0.5) is 4.39 Å². The van der Waals surface area contributed by atoms with Gasteiger partial charge in [-0.05, 0) is 18.2 Å². The van der Waals surface area contributed by atoms with E-state index in [9.17, 15) is 4.39 Å². The second-order valence-electron chi connectivity index (χ2n) is 3.19. The number of aliphatic hydroxyl groups is 1. The molecule has 0 aliphatic carbocycles. The van der Waals surface area contributed by atoms with Gasteiger partial charge in [0.25, 0.3) is 0 Å². The highest BCUT2D eigenvalue weighted by atomic mass is 19.1. The number of nitrogens with zero attached hydrogens (tertiary/aromatic N) is 1. The van der Waals surface area contributed by atoms with Gasteiger partial charge < -0.3 is 14.4 Å². The van der Waals surface area contributed by atoms with Gasteiger partial charge >= 0.3 is 0 Å². The molecule has 2 aromatic rings. The van der Waals surface area contributed by atoms with Crippen LogP contribution >= 0.6 is 0 Å². The Balaban J connectivity index is 2.37. The first-order valence-electron chi connectivity index (χ1n) is 4.65. The molecule has 1 aromatic carbocycles. The van der Waals surface area contributed by atoms with E-state index in [0.717, 1.165) is 0 Å². The molecule has 0 unspecified atom stereocenters. The van der Waals surface area contributed by atoms with Gasteiger partial charge in [-0.1, -0.05) is 5.16 Å². The lowest BCUT2D eigenvalue weighted by Gasteiger charge is -2.02. The van der Waals surface area contributed by atoms with E-state index in [1.165, 1.54) is 19.2 Å². The van der Waals surface area contributed by atoms with E-state index >= 15 is 0 Å². The van der Waals surface area contributed by atoms with Crippen molar-refractivity contribution >= 4 is 0 Å². The highest BCUT2D eigenvalue weighted by molar-refractivity contribution is 5.60. The highest BCUT2D eigenvalue weighted by Gasteiger charge is 2.09. The topological polar surface area (TPSA) is 55.5 Å². The van der Waals surface area contributed by atoms with Crippen LogP contribution in [0.1, 0.15) is 5.76 Å². The van der Waals surface area contributed by atoms with Gasteiger partial charge in [-0.25, -0.2) is 4.39 Å². The zero-order valence-corrected chi connectivity index (χ0v) is 8.61. The number of benzene rings is 1. The fourth-order valence-electron chi connectivity index (χ4n) is 1.35. The van der Waals surface area contributed by atoms with Gasteiger partial charge in [0.1, 0.15) is 12.3 Å². The molecular formula is C11H10FNO3. The summed E-state index contributed by atoms with van der Waals surface area (Å²) < 4.78 is 23.0. The molecule has 1 aromatic heterocycles. The lowest BCUT2D eigenvalue weighted by Crippen LogP contribution is -1.88. The Morgan fingerprint density at radius 3 is 2.81 bits per heavy atom. The lowest BCUT2D eigenvalue weighted by molar-refractivity contribution is 0.229. The van der Waals surface area contributed by atoms with Crippen LogP contribution in [0.2, 0.25) is 0 Å². The smallest absolute Gasteiger partial charge is 0.165 e. The minimum absolute atomic E-state index is 0.176. The van der Waals surface area contributed by atoms with Crippen LogP contribution in [-0.2, 0) is 6.61 Å². The Hall–Kier alpha value is -1.88. The Bertz CT molecular complexity index is 496. The third-order valence-corrected chi connectivity index (χ3v) is 2.16. The second kappa shape index (κ2) is 4.32. The molecule has 1 N–H and O–H groups in total. The van der Waals surface area contributed by atoms with Crippen LogP contribution in [0.3, 0.4) is 0 Å². The Morgan fingerprint density at radius 2 is 2.25 bits per heavy atom. The normalized spacial score (nSPS) is 10.4. The third-order valence-electron chi connectivity index (χ3n) is 2.16. The molecule has 1 heterocycles. The van der Waals surface area contributed by atoms with Crippen molar-refractivity contribution < 1.29 is 18.8 Å². The van der Waals surface area contributed by atoms with E-state index in [2.05, 4.69) is 5.16 Å². The van der Waals surface area contributed by atoms with E-state index < -0.39 is 5.82 Å². The molecule has 5 heteroatoms. The summed E-state index contributed by atoms with van der Waals surface area (Å²) >= 11 is 0. The van der Waals surface area contributed by atoms with Gasteiger partial charge in [0, 0.05) is 11.6 Å². The van der Waals surface area contributed by atoms with Gasteiger partial charge in [-0.2, -0.15) is 0 Å². The summed E-state index contributed by atoms with van der Waals surface area (Å²) in [6.07, 6.45) is 0. The average Bonchev–Trinajstić information content (AvgIpc) is 2.77. The van der Waals surface area contributed by atoms with Crippen molar-refractivity contribution in [3.63, 3.8) is 0 Å². The fraction of sp³-hybridized carbons (Fsp3) is 0.182. The van der Waals surface area contributed by atoms with E-state index in [1.54, 1.807) is 12.1 Å². The van der Waals surface area contributed by atoms with E-state index in [-0.39, 0.29) is 12.4 Å². The number of aromatic nitrogens is 1. The standard InChI is InChI=1S/C11H10FNO3/c1-15-11-3-2-7(4-9(11)12)10-5-8(6-14)16-13-10/h2-5,14H,6H2,1H3. The predicted molar refractivity (Wildman–Crippen MR) is 54.4 cm³/mol. The van der Waals surface area contributed by atoms with Crippen LogP contribution in [0.5, 0.6) is 5.75 Å². The predicted octanol–water partition coefficient (Wildman–Crippen LogP) is 1.98. The maximum atomic E-state index is 13.4.